The van der Waals surface area contributed by atoms with E-state index in [9.17, 15) is 8.42 Å². The van der Waals surface area contributed by atoms with Crippen molar-refractivity contribution >= 4 is 10.4 Å². The number of rotatable bonds is 12. The molecule has 0 saturated heterocycles. The molecule has 0 rings (SSSR count). The maximum atomic E-state index is 10.2. The number of unbranched alkanes of at least 4 members (excludes halogenated alkanes) is 9. The van der Waals surface area contributed by atoms with E-state index in [2.05, 4.69) is 11.1 Å². The van der Waals surface area contributed by atoms with E-state index in [0.717, 1.165) is 12.8 Å². The van der Waals surface area contributed by atoms with Gasteiger partial charge in [-0.1, -0.05) is 64.7 Å². The Hall–Kier alpha value is 0.309. The van der Waals surface area contributed by atoms with Gasteiger partial charge in [0.25, 0.3) is 0 Å². The first kappa shape index (κ1) is 28.5. The molecule has 128 valence electrons. The van der Waals surface area contributed by atoms with Crippen molar-refractivity contribution in [2.45, 2.75) is 71.1 Å². The SMILES string of the molecule is CCCCCCCCCCCCOS(=O)(=O)O.N.O.[Fe]. The molecule has 8 heteroatoms. The van der Waals surface area contributed by atoms with Crippen LogP contribution in [0, 0.1) is 0 Å². The van der Waals surface area contributed by atoms with Crippen LogP contribution >= 0.6 is 0 Å². The van der Waals surface area contributed by atoms with Crippen LogP contribution in [-0.4, -0.2) is 25.1 Å². The summed E-state index contributed by atoms with van der Waals surface area (Å²) in [5.41, 5.74) is 0. The summed E-state index contributed by atoms with van der Waals surface area (Å²) >= 11 is 0. The molecule has 0 atom stereocenters. The van der Waals surface area contributed by atoms with Crippen molar-refractivity contribution in [3.8, 4) is 0 Å². The Bertz CT molecular complexity index is 263. The second-order valence-corrected chi connectivity index (χ2v) is 5.52. The largest absolute Gasteiger partial charge is 0.412 e. The molecule has 0 aliphatic carbocycles. The summed E-state index contributed by atoms with van der Waals surface area (Å²) in [5.74, 6) is 0. The fourth-order valence-electron chi connectivity index (χ4n) is 1.75. The van der Waals surface area contributed by atoms with Gasteiger partial charge in [0.15, 0.2) is 0 Å². The third kappa shape index (κ3) is 26.8. The monoisotopic (exact) mass is 357 g/mol. The molecule has 0 aromatic heterocycles. The van der Waals surface area contributed by atoms with Crippen molar-refractivity contribution < 1.29 is 39.7 Å². The number of hydrogen-bond acceptors (Lipinski definition) is 4. The maximum absolute atomic E-state index is 10.2. The van der Waals surface area contributed by atoms with Crippen LogP contribution < -0.4 is 6.15 Å². The summed E-state index contributed by atoms with van der Waals surface area (Å²) in [5, 5.41) is 0. The Morgan fingerprint density at radius 2 is 1.20 bits per heavy atom. The van der Waals surface area contributed by atoms with Crippen molar-refractivity contribution in [2.24, 2.45) is 0 Å². The Balaban J connectivity index is -0.000000427. The van der Waals surface area contributed by atoms with Gasteiger partial charge in [0, 0.05) is 17.1 Å². The molecule has 0 bridgehead atoms. The Kier molecular flexibility index (Phi) is 27.5. The average Bonchev–Trinajstić information content (AvgIpc) is 2.24. The van der Waals surface area contributed by atoms with Crippen LogP contribution in [-0.2, 0) is 31.7 Å². The van der Waals surface area contributed by atoms with E-state index in [4.69, 9.17) is 4.55 Å². The molecule has 0 amide bonds. The summed E-state index contributed by atoms with van der Waals surface area (Å²) in [6.07, 6.45) is 11.9. The quantitative estimate of drug-likeness (QED) is 0.315. The van der Waals surface area contributed by atoms with Gasteiger partial charge in [-0.15, -0.1) is 0 Å². The van der Waals surface area contributed by atoms with Crippen LogP contribution in [0.3, 0.4) is 0 Å². The third-order valence-electron chi connectivity index (χ3n) is 2.73. The molecule has 6 nitrogen and oxygen atoms in total. The van der Waals surface area contributed by atoms with Crippen LogP contribution in [0.4, 0.5) is 0 Å². The van der Waals surface area contributed by atoms with Gasteiger partial charge < -0.3 is 11.6 Å². The van der Waals surface area contributed by atoms with Gasteiger partial charge in [-0.2, -0.15) is 8.42 Å². The van der Waals surface area contributed by atoms with Gasteiger partial charge in [-0.3, -0.25) is 4.55 Å². The van der Waals surface area contributed by atoms with E-state index < -0.39 is 10.4 Å². The van der Waals surface area contributed by atoms with E-state index in [1.165, 1.54) is 44.9 Å². The molecule has 0 heterocycles. The topological polar surface area (TPSA) is 130 Å². The normalized spacial score (nSPS) is 10.1. The van der Waals surface area contributed by atoms with Gasteiger partial charge in [-0.25, -0.2) is 4.18 Å². The summed E-state index contributed by atoms with van der Waals surface area (Å²) in [7, 11) is -4.23. The summed E-state index contributed by atoms with van der Waals surface area (Å²) in [6.45, 7) is 2.31. The predicted octanol–water partition coefficient (Wildman–Crippen LogP) is 3.06. The van der Waals surface area contributed by atoms with Crippen molar-refractivity contribution in [1.29, 1.82) is 0 Å². The fourth-order valence-corrected chi connectivity index (χ4v) is 2.08. The van der Waals surface area contributed by atoms with E-state index in [0.29, 0.717) is 6.42 Å². The van der Waals surface area contributed by atoms with Gasteiger partial charge in [0.1, 0.15) is 0 Å². The standard InChI is InChI=1S/C12H26O4S.Fe.H3N.H2O/c1-2-3-4-5-6-7-8-9-10-11-12-16-17(13,14)15;;;/h2-12H2,1H3,(H,13,14,15);;1H3;1H2. The Morgan fingerprint density at radius 1 is 0.850 bits per heavy atom. The second-order valence-electron chi connectivity index (χ2n) is 4.43. The van der Waals surface area contributed by atoms with Gasteiger partial charge in [0.2, 0.25) is 0 Å². The molecule has 0 aromatic rings. The fraction of sp³-hybridized carbons (Fsp3) is 1.00. The summed E-state index contributed by atoms with van der Waals surface area (Å²) in [4.78, 5) is 0. The molecule has 0 aromatic carbocycles. The van der Waals surface area contributed by atoms with Crippen LogP contribution in [0.1, 0.15) is 71.1 Å². The van der Waals surface area contributed by atoms with Gasteiger partial charge in [-0.05, 0) is 6.42 Å². The molecule has 0 spiro atoms. The molecule has 6 N–H and O–H groups in total. The molecular weight excluding hydrogens is 326 g/mol. The van der Waals surface area contributed by atoms with E-state index in [1.54, 1.807) is 0 Å². The van der Waals surface area contributed by atoms with E-state index in [1.807, 2.05) is 0 Å². The van der Waals surface area contributed by atoms with Crippen molar-refractivity contribution in [3.05, 3.63) is 0 Å². The van der Waals surface area contributed by atoms with Crippen LogP contribution in [0.5, 0.6) is 0 Å². The van der Waals surface area contributed by atoms with Crippen molar-refractivity contribution in [1.82, 2.24) is 6.15 Å². The van der Waals surface area contributed by atoms with Crippen LogP contribution in [0.25, 0.3) is 0 Å². The Labute approximate surface area is 134 Å². The van der Waals surface area contributed by atoms with Crippen LogP contribution in [0.2, 0.25) is 0 Å². The molecular formula is C12H31FeNO5S. The smallest absolute Gasteiger partial charge is 0.397 e. The zero-order valence-electron chi connectivity index (χ0n) is 12.4. The average molecular weight is 357 g/mol. The third-order valence-corrected chi connectivity index (χ3v) is 3.19. The summed E-state index contributed by atoms with van der Waals surface area (Å²) in [6, 6.07) is 0. The van der Waals surface area contributed by atoms with Gasteiger partial charge >= 0.3 is 10.4 Å². The maximum Gasteiger partial charge on any atom is 0.397 e. The molecule has 0 saturated carbocycles. The number of hydrogen-bond donors (Lipinski definition) is 2. The zero-order valence-corrected chi connectivity index (χ0v) is 14.3. The first-order chi connectivity index (χ1) is 8.06. The van der Waals surface area contributed by atoms with E-state index >= 15 is 0 Å². The molecule has 0 aliphatic heterocycles. The molecule has 0 radical (unpaired) electrons. The predicted molar refractivity (Wildman–Crippen MR) is 78.0 cm³/mol. The van der Waals surface area contributed by atoms with Crippen LogP contribution in [0.15, 0.2) is 0 Å². The molecule has 0 unspecified atom stereocenters. The van der Waals surface area contributed by atoms with Crippen molar-refractivity contribution in [2.75, 3.05) is 6.61 Å². The molecule has 0 fully saturated rings. The first-order valence-corrected chi connectivity index (χ1v) is 8.04. The summed E-state index contributed by atoms with van der Waals surface area (Å²) < 4.78 is 33.0. The minimum Gasteiger partial charge on any atom is -0.412 e. The van der Waals surface area contributed by atoms with Crippen molar-refractivity contribution in [3.63, 3.8) is 0 Å². The zero-order chi connectivity index (χ0) is 13.0. The molecule has 20 heavy (non-hydrogen) atoms. The minimum atomic E-state index is -4.23. The van der Waals surface area contributed by atoms with E-state index in [-0.39, 0.29) is 35.3 Å². The first-order valence-electron chi connectivity index (χ1n) is 6.68. The molecule has 0 aliphatic rings. The Morgan fingerprint density at radius 3 is 1.55 bits per heavy atom. The van der Waals surface area contributed by atoms with Gasteiger partial charge in [0.05, 0.1) is 6.61 Å². The second kappa shape index (κ2) is 19.3. The minimum absolute atomic E-state index is 0.